The number of anilines is 1. The SMILES string of the molecule is CN=C(NCCC(=O)Nc1ccc(Br)cc1)NCc1cc(F)ccc1F. The summed E-state index contributed by atoms with van der Waals surface area (Å²) in [7, 11) is 1.55. The van der Waals surface area contributed by atoms with Crippen LogP contribution in [0.2, 0.25) is 0 Å². The molecule has 5 nitrogen and oxygen atoms in total. The Bertz CT molecular complexity index is 781. The fraction of sp³-hybridized carbons (Fsp3) is 0.222. The van der Waals surface area contributed by atoms with E-state index in [1.165, 1.54) is 0 Å². The first-order chi connectivity index (χ1) is 12.5. The molecule has 0 fully saturated rings. The third kappa shape index (κ3) is 6.44. The Hall–Kier alpha value is -2.48. The number of hydrogen-bond donors (Lipinski definition) is 3. The van der Waals surface area contributed by atoms with Gasteiger partial charge in [-0.25, -0.2) is 8.78 Å². The number of amides is 1. The average Bonchev–Trinajstić information content (AvgIpc) is 2.62. The van der Waals surface area contributed by atoms with E-state index < -0.39 is 11.6 Å². The molecular weight excluding hydrogens is 406 g/mol. The van der Waals surface area contributed by atoms with Crippen molar-refractivity contribution in [3.05, 3.63) is 64.1 Å². The summed E-state index contributed by atoms with van der Waals surface area (Å²) in [5, 5.41) is 8.61. The van der Waals surface area contributed by atoms with Crippen molar-refractivity contribution in [3.63, 3.8) is 0 Å². The Kier molecular flexibility index (Phi) is 7.53. The third-order valence-corrected chi connectivity index (χ3v) is 3.98. The third-order valence-electron chi connectivity index (χ3n) is 3.45. The number of guanidine groups is 1. The molecular formula is C18H19BrF2N4O. The number of benzene rings is 2. The number of rotatable bonds is 6. The lowest BCUT2D eigenvalue weighted by Gasteiger charge is -2.12. The molecule has 0 aliphatic carbocycles. The Balaban J connectivity index is 1.75. The summed E-state index contributed by atoms with van der Waals surface area (Å²) in [6.45, 7) is 0.419. The van der Waals surface area contributed by atoms with Crippen molar-refractivity contribution in [3.8, 4) is 0 Å². The van der Waals surface area contributed by atoms with E-state index in [0.717, 1.165) is 22.7 Å². The summed E-state index contributed by atoms with van der Waals surface area (Å²) in [5.74, 6) is -0.754. The van der Waals surface area contributed by atoms with Gasteiger partial charge in [-0.3, -0.25) is 9.79 Å². The second-order valence-electron chi connectivity index (χ2n) is 5.39. The fourth-order valence-electron chi connectivity index (χ4n) is 2.13. The van der Waals surface area contributed by atoms with Crippen molar-refractivity contribution in [2.24, 2.45) is 4.99 Å². The number of nitrogens with one attached hydrogen (secondary N) is 3. The second-order valence-corrected chi connectivity index (χ2v) is 6.31. The lowest BCUT2D eigenvalue weighted by atomic mass is 10.2. The minimum absolute atomic E-state index is 0.0777. The zero-order chi connectivity index (χ0) is 18.9. The van der Waals surface area contributed by atoms with Crippen molar-refractivity contribution < 1.29 is 13.6 Å². The summed E-state index contributed by atoms with van der Waals surface area (Å²) in [5.41, 5.74) is 0.906. The number of carbonyl (C=O) groups is 1. The minimum Gasteiger partial charge on any atom is -0.356 e. The van der Waals surface area contributed by atoms with E-state index in [1.807, 2.05) is 12.1 Å². The topological polar surface area (TPSA) is 65.5 Å². The largest absolute Gasteiger partial charge is 0.356 e. The number of hydrogen-bond acceptors (Lipinski definition) is 2. The fourth-order valence-corrected chi connectivity index (χ4v) is 2.39. The Morgan fingerprint density at radius 2 is 1.85 bits per heavy atom. The predicted octanol–water partition coefficient (Wildman–Crippen LogP) is 3.42. The Morgan fingerprint density at radius 3 is 2.54 bits per heavy atom. The van der Waals surface area contributed by atoms with Crippen LogP contribution in [0.5, 0.6) is 0 Å². The van der Waals surface area contributed by atoms with Crippen LogP contribution in [0.4, 0.5) is 14.5 Å². The smallest absolute Gasteiger partial charge is 0.226 e. The van der Waals surface area contributed by atoms with Gasteiger partial charge in [-0.2, -0.15) is 0 Å². The van der Waals surface area contributed by atoms with Gasteiger partial charge in [0.15, 0.2) is 5.96 Å². The molecule has 0 bridgehead atoms. The molecule has 0 radical (unpaired) electrons. The quantitative estimate of drug-likeness (QED) is 0.491. The van der Waals surface area contributed by atoms with Gasteiger partial charge < -0.3 is 16.0 Å². The summed E-state index contributed by atoms with van der Waals surface area (Å²) in [6, 6.07) is 10.5. The maximum atomic E-state index is 13.6. The lowest BCUT2D eigenvalue weighted by molar-refractivity contribution is -0.116. The minimum atomic E-state index is -0.504. The zero-order valence-electron chi connectivity index (χ0n) is 14.2. The molecule has 0 unspecified atom stereocenters. The molecule has 26 heavy (non-hydrogen) atoms. The normalized spacial score (nSPS) is 11.2. The highest BCUT2D eigenvalue weighted by Gasteiger charge is 2.06. The van der Waals surface area contributed by atoms with Crippen LogP contribution >= 0.6 is 15.9 Å². The zero-order valence-corrected chi connectivity index (χ0v) is 15.7. The molecule has 0 atom stereocenters. The van der Waals surface area contributed by atoms with E-state index in [0.29, 0.717) is 18.2 Å². The molecule has 2 aromatic rings. The van der Waals surface area contributed by atoms with E-state index in [9.17, 15) is 13.6 Å². The summed E-state index contributed by atoms with van der Waals surface area (Å²) >= 11 is 3.33. The van der Waals surface area contributed by atoms with Gasteiger partial charge in [0, 0.05) is 42.3 Å². The number of nitrogens with zero attached hydrogens (tertiary/aromatic N) is 1. The molecule has 8 heteroatoms. The first-order valence-corrected chi connectivity index (χ1v) is 8.71. The standard InChI is InChI=1S/C18H19BrF2N4O/c1-22-18(24-11-12-10-14(20)4-7-16(12)21)23-9-8-17(26)25-15-5-2-13(19)3-6-15/h2-7,10H,8-9,11H2,1H3,(H,25,26)(H2,22,23,24). The van der Waals surface area contributed by atoms with Crippen LogP contribution in [0.1, 0.15) is 12.0 Å². The highest BCUT2D eigenvalue weighted by atomic mass is 79.9. The van der Waals surface area contributed by atoms with Crippen molar-refractivity contribution in [1.29, 1.82) is 0 Å². The highest BCUT2D eigenvalue weighted by molar-refractivity contribution is 9.10. The average molecular weight is 425 g/mol. The van der Waals surface area contributed by atoms with Crippen LogP contribution in [-0.2, 0) is 11.3 Å². The van der Waals surface area contributed by atoms with Gasteiger partial charge in [-0.1, -0.05) is 15.9 Å². The van der Waals surface area contributed by atoms with E-state index in [-0.39, 0.29) is 24.4 Å². The van der Waals surface area contributed by atoms with Crippen LogP contribution in [0.25, 0.3) is 0 Å². The lowest BCUT2D eigenvalue weighted by Crippen LogP contribution is -2.38. The summed E-state index contributed by atoms with van der Waals surface area (Å²) < 4.78 is 27.7. The van der Waals surface area contributed by atoms with E-state index >= 15 is 0 Å². The summed E-state index contributed by atoms with van der Waals surface area (Å²) in [4.78, 5) is 15.9. The van der Waals surface area contributed by atoms with Crippen LogP contribution < -0.4 is 16.0 Å². The van der Waals surface area contributed by atoms with Gasteiger partial charge >= 0.3 is 0 Å². The van der Waals surface area contributed by atoms with E-state index in [1.54, 1.807) is 19.2 Å². The maximum absolute atomic E-state index is 13.6. The van der Waals surface area contributed by atoms with Crippen LogP contribution in [-0.4, -0.2) is 25.5 Å². The van der Waals surface area contributed by atoms with E-state index in [4.69, 9.17) is 0 Å². The molecule has 2 rings (SSSR count). The van der Waals surface area contributed by atoms with Crippen molar-refractivity contribution >= 4 is 33.5 Å². The van der Waals surface area contributed by atoms with Gasteiger partial charge in [-0.15, -0.1) is 0 Å². The molecule has 1 amide bonds. The number of carbonyl (C=O) groups excluding carboxylic acids is 1. The summed E-state index contributed by atoms with van der Waals surface area (Å²) in [6.07, 6.45) is 0.227. The van der Waals surface area contributed by atoms with Crippen LogP contribution in [0.3, 0.4) is 0 Å². The van der Waals surface area contributed by atoms with Crippen LogP contribution in [0, 0.1) is 11.6 Å². The molecule has 0 spiro atoms. The van der Waals surface area contributed by atoms with Crippen molar-refractivity contribution in [2.75, 3.05) is 18.9 Å². The first kappa shape index (κ1) is 19.8. The molecule has 2 aromatic carbocycles. The molecule has 0 aliphatic heterocycles. The second kappa shape index (κ2) is 9.86. The number of halogens is 3. The molecule has 0 heterocycles. The van der Waals surface area contributed by atoms with Crippen molar-refractivity contribution in [1.82, 2.24) is 10.6 Å². The molecule has 0 aliphatic rings. The number of aliphatic imine (C=N–C) groups is 1. The molecule has 0 saturated heterocycles. The predicted molar refractivity (Wildman–Crippen MR) is 102 cm³/mol. The van der Waals surface area contributed by atoms with Crippen LogP contribution in [0.15, 0.2) is 51.9 Å². The molecule has 138 valence electrons. The van der Waals surface area contributed by atoms with Gasteiger partial charge in [0.25, 0.3) is 0 Å². The van der Waals surface area contributed by atoms with Gasteiger partial charge in [0.2, 0.25) is 5.91 Å². The Morgan fingerprint density at radius 1 is 1.12 bits per heavy atom. The monoisotopic (exact) mass is 424 g/mol. The van der Waals surface area contributed by atoms with Gasteiger partial charge in [-0.05, 0) is 42.5 Å². The Labute approximate surface area is 159 Å². The maximum Gasteiger partial charge on any atom is 0.226 e. The molecule has 3 N–H and O–H groups in total. The first-order valence-electron chi connectivity index (χ1n) is 7.92. The molecule has 0 saturated carbocycles. The van der Waals surface area contributed by atoms with Gasteiger partial charge in [0.05, 0.1) is 0 Å². The highest BCUT2D eigenvalue weighted by Crippen LogP contribution is 2.14. The van der Waals surface area contributed by atoms with Gasteiger partial charge in [0.1, 0.15) is 11.6 Å². The molecule has 0 aromatic heterocycles. The van der Waals surface area contributed by atoms with Crippen molar-refractivity contribution in [2.45, 2.75) is 13.0 Å². The van der Waals surface area contributed by atoms with E-state index in [2.05, 4.69) is 36.9 Å².